The molecule has 1 saturated heterocycles. The average Bonchev–Trinajstić information content (AvgIpc) is 3.03. The van der Waals surface area contributed by atoms with Crippen LogP contribution in [0.4, 0.5) is 4.39 Å². The summed E-state index contributed by atoms with van der Waals surface area (Å²) in [5.41, 5.74) is 7.08. The molecule has 2 nitrogen and oxygen atoms in total. The number of halogens is 1. The van der Waals surface area contributed by atoms with Crippen molar-refractivity contribution < 1.29 is 9.13 Å². The van der Waals surface area contributed by atoms with Crippen LogP contribution in [0.5, 0.6) is 0 Å². The lowest BCUT2D eigenvalue weighted by molar-refractivity contribution is -0.0408. The van der Waals surface area contributed by atoms with Crippen molar-refractivity contribution in [3.63, 3.8) is 0 Å². The van der Waals surface area contributed by atoms with E-state index in [0.29, 0.717) is 12.0 Å². The number of hydrogen-bond donors (Lipinski definition) is 1. The molecule has 1 aromatic carbocycles. The molecule has 1 aromatic rings. The Morgan fingerprint density at radius 1 is 1.25 bits per heavy atom. The van der Waals surface area contributed by atoms with E-state index in [4.69, 9.17) is 10.5 Å². The van der Waals surface area contributed by atoms with E-state index >= 15 is 0 Å². The first kappa shape index (κ1) is 14.0. The van der Waals surface area contributed by atoms with Gasteiger partial charge in [-0.25, -0.2) is 4.39 Å². The van der Waals surface area contributed by atoms with E-state index in [9.17, 15) is 4.39 Å². The summed E-state index contributed by atoms with van der Waals surface area (Å²) >= 11 is 0. The molecule has 1 spiro atoms. The highest BCUT2D eigenvalue weighted by Gasteiger charge is 2.42. The normalized spacial score (nSPS) is 26.2. The average molecular weight is 277 g/mol. The maximum Gasteiger partial charge on any atom is 0.126 e. The molecule has 0 amide bonds. The first-order valence-electron chi connectivity index (χ1n) is 7.84. The molecule has 1 aliphatic heterocycles. The Morgan fingerprint density at radius 2 is 2.00 bits per heavy atom. The van der Waals surface area contributed by atoms with Gasteiger partial charge in [-0.15, -0.1) is 0 Å². The van der Waals surface area contributed by atoms with E-state index < -0.39 is 0 Å². The predicted octanol–water partition coefficient (Wildman–Crippen LogP) is 3.58. The van der Waals surface area contributed by atoms with Crippen LogP contribution in [0.25, 0.3) is 0 Å². The van der Waals surface area contributed by atoms with Gasteiger partial charge in [-0.1, -0.05) is 31.0 Å². The van der Waals surface area contributed by atoms with Crippen LogP contribution in [0, 0.1) is 5.82 Å². The second-order valence-corrected chi connectivity index (χ2v) is 6.46. The molecule has 2 aliphatic rings. The summed E-state index contributed by atoms with van der Waals surface area (Å²) < 4.78 is 19.9. The van der Waals surface area contributed by atoms with Crippen LogP contribution >= 0.6 is 0 Å². The van der Waals surface area contributed by atoms with E-state index in [2.05, 4.69) is 0 Å². The Balaban J connectivity index is 1.52. The molecule has 110 valence electrons. The Bertz CT molecular complexity index is 456. The molecule has 2 N–H and O–H groups in total. The van der Waals surface area contributed by atoms with Crippen molar-refractivity contribution in [2.24, 2.45) is 5.73 Å². The molecule has 3 heteroatoms. The first-order valence-corrected chi connectivity index (χ1v) is 7.84. The third kappa shape index (κ3) is 3.04. The van der Waals surface area contributed by atoms with Gasteiger partial charge in [0.1, 0.15) is 5.82 Å². The summed E-state index contributed by atoms with van der Waals surface area (Å²) in [5, 5.41) is 0. The maximum absolute atomic E-state index is 13.6. The molecule has 1 heterocycles. The van der Waals surface area contributed by atoms with Crippen LogP contribution in [-0.2, 0) is 11.2 Å². The summed E-state index contributed by atoms with van der Waals surface area (Å²) in [6.45, 7) is 0. The second kappa shape index (κ2) is 5.82. The fourth-order valence-electron chi connectivity index (χ4n) is 3.82. The van der Waals surface area contributed by atoms with Crippen molar-refractivity contribution in [1.29, 1.82) is 0 Å². The smallest absolute Gasteiger partial charge is 0.126 e. The highest BCUT2D eigenvalue weighted by atomic mass is 19.1. The quantitative estimate of drug-likeness (QED) is 0.913. The van der Waals surface area contributed by atoms with Crippen molar-refractivity contribution in [3.05, 3.63) is 35.6 Å². The summed E-state index contributed by atoms with van der Waals surface area (Å²) in [4.78, 5) is 0. The summed E-state index contributed by atoms with van der Waals surface area (Å²) in [6, 6.07) is 6.89. The fraction of sp³-hybridized carbons (Fsp3) is 0.647. The van der Waals surface area contributed by atoms with E-state index in [1.165, 1.54) is 38.2 Å². The van der Waals surface area contributed by atoms with E-state index in [1.54, 1.807) is 6.07 Å². The van der Waals surface area contributed by atoms with Crippen molar-refractivity contribution in [2.75, 3.05) is 0 Å². The Labute approximate surface area is 120 Å². The third-order valence-corrected chi connectivity index (χ3v) is 4.86. The standard InChI is InChI=1S/C17H24FNO/c18-16-6-2-1-5-13(16)11-14(19)12-15-7-10-17(20-15)8-3-4-9-17/h1-2,5-6,14-15H,3-4,7-12,19H2. The van der Waals surface area contributed by atoms with Crippen LogP contribution in [0.1, 0.15) is 50.5 Å². The van der Waals surface area contributed by atoms with Gasteiger partial charge in [0.05, 0.1) is 11.7 Å². The highest BCUT2D eigenvalue weighted by molar-refractivity contribution is 5.18. The summed E-state index contributed by atoms with van der Waals surface area (Å²) in [7, 11) is 0. The van der Waals surface area contributed by atoms with Gasteiger partial charge in [-0.3, -0.25) is 0 Å². The van der Waals surface area contributed by atoms with Crippen molar-refractivity contribution in [3.8, 4) is 0 Å². The van der Waals surface area contributed by atoms with E-state index in [1.807, 2.05) is 12.1 Å². The van der Waals surface area contributed by atoms with Crippen LogP contribution in [0.2, 0.25) is 0 Å². The van der Waals surface area contributed by atoms with Crippen molar-refractivity contribution >= 4 is 0 Å². The van der Waals surface area contributed by atoms with Gasteiger partial charge in [0.2, 0.25) is 0 Å². The lowest BCUT2D eigenvalue weighted by Gasteiger charge is -2.25. The maximum atomic E-state index is 13.6. The van der Waals surface area contributed by atoms with Crippen LogP contribution in [0.3, 0.4) is 0 Å². The SMILES string of the molecule is NC(Cc1ccccc1F)CC1CCC2(CCCC2)O1. The minimum atomic E-state index is -0.150. The van der Waals surface area contributed by atoms with Crippen LogP contribution in [-0.4, -0.2) is 17.7 Å². The zero-order valence-corrected chi connectivity index (χ0v) is 12.0. The van der Waals surface area contributed by atoms with E-state index in [-0.39, 0.29) is 23.6 Å². The monoisotopic (exact) mass is 277 g/mol. The molecule has 2 atom stereocenters. The van der Waals surface area contributed by atoms with Crippen molar-refractivity contribution in [2.45, 2.75) is 69.1 Å². The van der Waals surface area contributed by atoms with Gasteiger partial charge in [-0.05, 0) is 50.2 Å². The molecule has 0 aromatic heterocycles. The first-order chi connectivity index (χ1) is 9.67. The molecule has 1 aliphatic carbocycles. The summed E-state index contributed by atoms with van der Waals surface area (Å²) in [6.07, 6.45) is 9.04. The molecule has 2 fully saturated rings. The minimum Gasteiger partial charge on any atom is -0.372 e. The number of rotatable bonds is 4. The Kier molecular flexibility index (Phi) is 4.08. The topological polar surface area (TPSA) is 35.2 Å². The van der Waals surface area contributed by atoms with Gasteiger partial charge < -0.3 is 10.5 Å². The van der Waals surface area contributed by atoms with Gasteiger partial charge in [0.15, 0.2) is 0 Å². The highest BCUT2D eigenvalue weighted by Crippen LogP contribution is 2.44. The van der Waals surface area contributed by atoms with Crippen molar-refractivity contribution in [1.82, 2.24) is 0 Å². The number of benzene rings is 1. The fourth-order valence-corrected chi connectivity index (χ4v) is 3.82. The molecule has 2 unspecified atom stereocenters. The van der Waals surface area contributed by atoms with Gasteiger partial charge in [-0.2, -0.15) is 0 Å². The molecule has 3 rings (SSSR count). The molecule has 20 heavy (non-hydrogen) atoms. The predicted molar refractivity (Wildman–Crippen MR) is 78.0 cm³/mol. The zero-order valence-electron chi connectivity index (χ0n) is 12.0. The molecular weight excluding hydrogens is 253 g/mol. The lowest BCUT2D eigenvalue weighted by Crippen LogP contribution is -2.31. The summed E-state index contributed by atoms with van der Waals surface area (Å²) in [5.74, 6) is -0.150. The van der Waals surface area contributed by atoms with Crippen LogP contribution in [0.15, 0.2) is 24.3 Å². The minimum absolute atomic E-state index is 0.0200. The van der Waals surface area contributed by atoms with Gasteiger partial charge in [0.25, 0.3) is 0 Å². The second-order valence-electron chi connectivity index (χ2n) is 6.46. The molecule has 1 saturated carbocycles. The number of nitrogens with two attached hydrogens (primary N) is 1. The number of ether oxygens (including phenoxy) is 1. The van der Waals surface area contributed by atoms with Gasteiger partial charge in [0, 0.05) is 6.04 Å². The zero-order chi connectivity index (χ0) is 14.0. The third-order valence-electron chi connectivity index (χ3n) is 4.86. The molecular formula is C17H24FNO. The van der Waals surface area contributed by atoms with Crippen LogP contribution < -0.4 is 5.73 Å². The molecule has 0 radical (unpaired) electrons. The largest absolute Gasteiger partial charge is 0.372 e. The Hall–Kier alpha value is -0.930. The number of hydrogen-bond acceptors (Lipinski definition) is 2. The lowest BCUT2D eigenvalue weighted by atomic mass is 9.96. The van der Waals surface area contributed by atoms with E-state index in [0.717, 1.165) is 12.8 Å². The Morgan fingerprint density at radius 3 is 2.75 bits per heavy atom. The molecule has 0 bridgehead atoms. The van der Waals surface area contributed by atoms with Gasteiger partial charge >= 0.3 is 0 Å².